The van der Waals surface area contributed by atoms with Crippen molar-refractivity contribution >= 4 is 30.4 Å². The molecule has 4 N–H and O–H groups in total. The van der Waals surface area contributed by atoms with Gasteiger partial charge >= 0.3 is 5.97 Å². The van der Waals surface area contributed by atoms with Gasteiger partial charge in [-0.1, -0.05) is 26.8 Å². The molecular formula is C8H10INO3. The van der Waals surface area contributed by atoms with E-state index in [-0.39, 0.29) is 0 Å². The molecule has 72 valence electrons. The van der Waals surface area contributed by atoms with E-state index in [2.05, 4.69) is 0 Å². The lowest BCUT2D eigenvalue weighted by Crippen LogP contribution is -2.30. The van der Waals surface area contributed by atoms with E-state index in [1.54, 1.807) is 12.2 Å². The number of allylic oxidation sites excluding steroid dienone is 1. The van der Waals surface area contributed by atoms with Gasteiger partial charge in [-0.25, -0.2) is 0 Å². The predicted molar refractivity (Wildman–Crippen MR) is 58.4 cm³/mol. The van der Waals surface area contributed by atoms with E-state index < -0.39 is 32.7 Å². The van der Waals surface area contributed by atoms with E-state index >= 15 is 0 Å². The van der Waals surface area contributed by atoms with Crippen LogP contribution in [0.1, 0.15) is 6.42 Å². The molecule has 0 aromatic heterocycles. The molecular weight excluding hydrogens is 285 g/mol. The van der Waals surface area contributed by atoms with Crippen molar-refractivity contribution in [2.45, 2.75) is 12.5 Å². The quantitative estimate of drug-likeness (QED) is 0.670. The Kier molecular flexibility index (Phi) is 3.76. The first-order valence-corrected chi connectivity index (χ1v) is 5.97. The van der Waals surface area contributed by atoms with Crippen LogP contribution in [-0.2, 0) is 4.79 Å². The number of hydrogen-bond donors (Lipinski definition) is 3. The van der Waals surface area contributed by atoms with Gasteiger partial charge in [-0.15, -0.1) is 0 Å². The van der Waals surface area contributed by atoms with Crippen LogP contribution in [0.25, 0.3) is 0 Å². The van der Waals surface area contributed by atoms with Gasteiger partial charge in [0.25, 0.3) is 0 Å². The van der Waals surface area contributed by atoms with Crippen molar-refractivity contribution in [2.75, 3.05) is 0 Å². The van der Waals surface area contributed by atoms with Crippen molar-refractivity contribution in [3.05, 3.63) is 21.8 Å². The van der Waals surface area contributed by atoms with Crippen LogP contribution in [0.2, 0.25) is 0 Å². The molecule has 0 saturated carbocycles. The first-order chi connectivity index (χ1) is 6.09. The Balaban J connectivity index is 2.58. The molecule has 0 amide bonds. The monoisotopic (exact) mass is 295 g/mol. The summed E-state index contributed by atoms with van der Waals surface area (Å²) in [7, 11) is 0. The lowest BCUT2D eigenvalue weighted by atomic mass is 10.1. The summed E-state index contributed by atoms with van der Waals surface area (Å²) in [5.74, 6) is -0.994. The predicted octanol–water partition coefficient (Wildman–Crippen LogP) is 0.715. The van der Waals surface area contributed by atoms with Crippen molar-refractivity contribution < 1.29 is 15.0 Å². The maximum absolute atomic E-state index is 10.4. The Morgan fingerprint density at radius 2 is 2.31 bits per heavy atom. The highest BCUT2D eigenvalue weighted by atomic mass is 127. The number of carbonyl (C=O) groups is 1. The maximum Gasteiger partial charge on any atom is 0.320 e. The van der Waals surface area contributed by atoms with Gasteiger partial charge in [-0.2, -0.15) is 0 Å². The zero-order valence-electron chi connectivity index (χ0n) is 6.77. The Labute approximate surface area is 85.5 Å². The van der Waals surface area contributed by atoms with Gasteiger partial charge in [-0.05, 0) is 22.2 Å². The van der Waals surface area contributed by atoms with Crippen LogP contribution >= 0.6 is 20.7 Å². The van der Waals surface area contributed by atoms with Crippen LogP contribution in [0, 0.1) is 0 Å². The molecule has 0 spiro atoms. The molecule has 0 aromatic carbocycles. The number of nitrogens with two attached hydrogens (primary N) is 1. The Bertz CT molecular complexity index is 307. The first kappa shape index (κ1) is 10.6. The van der Waals surface area contributed by atoms with Gasteiger partial charge in [0, 0.05) is 0 Å². The first-order valence-electron chi connectivity index (χ1n) is 3.64. The molecule has 1 atom stereocenters. The molecule has 1 aliphatic heterocycles. The fraction of sp³-hybridized carbons (Fsp3) is 0.250. The molecule has 13 heavy (non-hydrogen) atoms. The van der Waals surface area contributed by atoms with Gasteiger partial charge in [-0.3, -0.25) is 4.79 Å². The molecule has 0 saturated heterocycles. The van der Waals surface area contributed by atoms with Crippen LogP contribution in [0.3, 0.4) is 0 Å². The van der Waals surface area contributed by atoms with Crippen LogP contribution < -0.4 is 5.73 Å². The fourth-order valence-corrected chi connectivity index (χ4v) is 2.40. The van der Waals surface area contributed by atoms with Crippen LogP contribution in [0.15, 0.2) is 21.8 Å². The third kappa shape index (κ3) is 3.37. The number of aliphatic hydroxyl groups excluding tert-OH is 1. The van der Waals surface area contributed by atoms with Gasteiger partial charge in [0.15, 0.2) is 0 Å². The average molecular weight is 295 g/mol. The van der Waals surface area contributed by atoms with E-state index in [9.17, 15) is 4.79 Å². The Morgan fingerprint density at radius 1 is 1.62 bits per heavy atom. The normalized spacial score (nSPS) is 18.3. The number of carboxylic acid groups (broad SMARTS) is 1. The summed E-state index contributed by atoms with van der Waals surface area (Å²) in [6.45, 7) is 0. The summed E-state index contributed by atoms with van der Waals surface area (Å²) in [4.78, 5) is 10.4. The van der Waals surface area contributed by atoms with Gasteiger partial charge in [0.2, 0.25) is 0 Å². The number of carboxylic acids is 1. The van der Waals surface area contributed by atoms with Crippen molar-refractivity contribution in [3.63, 3.8) is 0 Å². The molecule has 0 bridgehead atoms. The van der Waals surface area contributed by atoms with E-state index in [1.807, 2.05) is 4.08 Å². The van der Waals surface area contributed by atoms with Crippen molar-refractivity contribution in [1.82, 2.24) is 0 Å². The molecule has 1 aliphatic rings. The van der Waals surface area contributed by atoms with Crippen molar-refractivity contribution in [1.29, 1.82) is 0 Å². The SMILES string of the molecule is NC(CC1=CI=C(O)C=C1)C(=O)O. The lowest BCUT2D eigenvalue weighted by Gasteiger charge is -2.08. The molecule has 0 radical (unpaired) electrons. The second-order valence-corrected chi connectivity index (χ2v) is 4.95. The lowest BCUT2D eigenvalue weighted by molar-refractivity contribution is -0.138. The molecule has 1 rings (SSSR count). The standard InChI is InChI=1S/C8H10INO3/c10-6(8(12)13)3-5-1-2-7(11)9-4-5/h1-2,4,6,11H,3,10H2,(H,12,13). The fourth-order valence-electron chi connectivity index (χ4n) is 0.828. The highest BCUT2D eigenvalue weighted by Crippen LogP contribution is 2.18. The summed E-state index contributed by atoms with van der Waals surface area (Å²) < 4.78 is 2.28. The van der Waals surface area contributed by atoms with Crippen molar-refractivity contribution in [3.8, 4) is 0 Å². The summed E-state index contributed by atoms with van der Waals surface area (Å²) in [5, 5.41) is 17.6. The molecule has 0 aromatic rings. The summed E-state index contributed by atoms with van der Waals surface area (Å²) >= 11 is -0.465. The molecule has 5 heteroatoms. The maximum atomic E-state index is 10.4. The van der Waals surface area contributed by atoms with Crippen LogP contribution in [-0.4, -0.2) is 25.9 Å². The summed E-state index contributed by atoms with van der Waals surface area (Å²) in [5.41, 5.74) is 6.25. The number of aliphatic carboxylic acids is 1. The highest BCUT2D eigenvalue weighted by Gasteiger charge is 2.12. The largest absolute Gasteiger partial charge is 0.480 e. The van der Waals surface area contributed by atoms with Gasteiger partial charge in [0.05, 0.1) is 0 Å². The number of halogens is 1. The zero-order chi connectivity index (χ0) is 9.84. The Hall–Kier alpha value is -0.530. The molecule has 1 unspecified atom stereocenters. The molecule has 4 nitrogen and oxygen atoms in total. The van der Waals surface area contributed by atoms with Gasteiger partial charge in [0.1, 0.15) is 9.74 Å². The van der Waals surface area contributed by atoms with E-state index in [0.29, 0.717) is 10.1 Å². The highest BCUT2D eigenvalue weighted by molar-refractivity contribution is 14.2. The minimum atomic E-state index is -0.994. The Morgan fingerprint density at radius 3 is 2.77 bits per heavy atom. The third-order valence-corrected chi connectivity index (χ3v) is 3.62. The van der Waals surface area contributed by atoms with E-state index in [0.717, 1.165) is 5.57 Å². The molecule has 0 fully saturated rings. The number of hydrogen-bond acceptors (Lipinski definition) is 3. The minimum absolute atomic E-state index is 0.332. The van der Waals surface area contributed by atoms with Gasteiger partial charge < -0.3 is 15.9 Å². The van der Waals surface area contributed by atoms with Crippen LogP contribution in [0.5, 0.6) is 0 Å². The number of aliphatic hydroxyl groups is 1. The minimum Gasteiger partial charge on any atom is -0.480 e. The summed E-state index contributed by atoms with van der Waals surface area (Å²) in [6.07, 6.45) is 3.65. The summed E-state index contributed by atoms with van der Waals surface area (Å²) in [6, 6.07) is -0.847. The second-order valence-electron chi connectivity index (χ2n) is 2.60. The molecule has 1 heterocycles. The van der Waals surface area contributed by atoms with E-state index in [4.69, 9.17) is 15.9 Å². The zero-order valence-corrected chi connectivity index (χ0v) is 8.93. The second kappa shape index (κ2) is 4.64. The molecule has 0 aliphatic carbocycles. The van der Waals surface area contributed by atoms with Crippen molar-refractivity contribution in [2.24, 2.45) is 5.73 Å². The average Bonchev–Trinajstić information content (AvgIpc) is 2.08. The smallest absolute Gasteiger partial charge is 0.320 e. The van der Waals surface area contributed by atoms with E-state index in [1.165, 1.54) is 0 Å². The third-order valence-electron chi connectivity index (χ3n) is 1.51. The number of rotatable bonds is 3. The topological polar surface area (TPSA) is 83.5 Å². The van der Waals surface area contributed by atoms with Crippen LogP contribution in [0.4, 0.5) is 0 Å².